The van der Waals surface area contributed by atoms with Gasteiger partial charge >= 0.3 is 0 Å². The highest BCUT2D eigenvalue weighted by Crippen LogP contribution is 2.25. The Morgan fingerprint density at radius 2 is 1.50 bits per heavy atom. The van der Waals surface area contributed by atoms with E-state index in [1.807, 2.05) is 83.3 Å². The Balaban J connectivity index is 1.48. The van der Waals surface area contributed by atoms with Gasteiger partial charge in [0.1, 0.15) is 5.52 Å². The van der Waals surface area contributed by atoms with E-state index in [4.69, 9.17) is 4.98 Å². The normalized spacial score (nSPS) is 11.0. The molecule has 5 nitrogen and oxygen atoms in total. The van der Waals surface area contributed by atoms with Crippen molar-refractivity contribution >= 4 is 33.8 Å². The third-order valence-electron chi connectivity index (χ3n) is 4.70. The average Bonchev–Trinajstić information content (AvgIpc) is 3.25. The van der Waals surface area contributed by atoms with Gasteiger partial charge in [-0.15, -0.1) is 0 Å². The minimum absolute atomic E-state index is 0.00848. The van der Waals surface area contributed by atoms with Crippen LogP contribution >= 0.6 is 0 Å². The van der Waals surface area contributed by atoms with E-state index in [-0.39, 0.29) is 5.78 Å². The van der Waals surface area contributed by atoms with Crippen molar-refractivity contribution in [2.24, 2.45) is 0 Å². The van der Waals surface area contributed by atoms with Gasteiger partial charge in [-0.25, -0.2) is 9.97 Å². The molecule has 5 aromatic rings. The number of hydrogen-bond donors (Lipinski definition) is 1. The van der Waals surface area contributed by atoms with Gasteiger partial charge < -0.3 is 5.32 Å². The average molecular weight is 364 g/mol. The Bertz CT molecular complexity index is 1290. The molecule has 0 spiro atoms. The van der Waals surface area contributed by atoms with E-state index in [1.165, 1.54) is 0 Å². The minimum atomic E-state index is 0.00848. The van der Waals surface area contributed by atoms with Crippen LogP contribution in [0.4, 0.5) is 11.5 Å². The molecule has 2 aromatic heterocycles. The Labute approximate surface area is 161 Å². The van der Waals surface area contributed by atoms with Crippen LogP contribution in [0, 0.1) is 0 Å². The first kappa shape index (κ1) is 16.2. The molecular formula is C23H16N4O. The first-order valence-corrected chi connectivity index (χ1v) is 8.97. The van der Waals surface area contributed by atoms with Gasteiger partial charge in [-0.1, -0.05) is 42.5 Å². The maximum absolute atomic E-state index is 12.6. The maximum atomic E-state index is 12.6. The predicted molar refractivity (Wildman–Crippen MR) is 110 cm³/mol. The Kier molecular flexibility index (Phi) is 3.84. The number of carbonyl (C=O) groups excluding carboxylic acids is 1. The van der Waals surface area contributed by atoms with Crippen LogP contribution in [0.15, 0.2) is 91.4 Å². The summed E-state index contributed by atoms with van der Waals surface area (Å²) in [5.74, 6) is 0.729. The van der Waals surface area contributed by atoms with Crippen LogP contribution in [0.25, 0.3) is 16.6 Å². The molecule has 0 aliphatic heterocycles. The largest absolute Gasteiger partial charge is 0.338 e. The summed E-state index contributed by atoms with van der Waals surface area (Å²) in [5.41, 5.74) is 4.97. The lowest BCUT2D eigenvalue weighted by molar-refractivity contribution is 0.103. The number of anilines is 2. The molecule has 134 valence electrons. The first-order chi connectivity index (χ1) is 13.8. The number of aromatic nitrogens is 3. The van der Waals surface area contributed by atoms with Gasteiger partial charge in [-0.05, 0) is 36.4 Å². The number of fused-ring (bicyclic) bond motifs is 3. The minimum Gasteiger partial charge on any atom is -0.338 e. The van der Waals surface area contributed by atoms with Crippen molar-refractivity contribution in [2.45, 2.75) is 0 Å². The number of imidazole rings is 1. The summed E-state index contributed by atoms with van der Waals surface area (Å²) in [7, 11) is 0. The number of nitrogens with one attached hydrogen (secondary N) is 1. The van der Waals surface area contributed by atoms with E-state index in [9.17, 15) is 4.79 Å². The van der Waals surface area contributed by atoms with Gasteiger partial charge in [0.25, 0.3) is 0 Å². The number of nitrogens with zero attached hydrogens (tertiary/aromatic N) is 3. The van der Waals surface area contributed by atoms with E-state index >= 15 is 0 Å². The Hall–Kier alpha value is -3.99. The quantitative estimate of drug-likeness (QED) is 0.463. The molecule has 3 aromatic carbocycles. The van der Waals surface area contributed by atoms with Crippen molar-refractivity contribution in [3.05, 3.63) is 103 Å². The second kappa shape index (κ2) is 6.63. The van der Waals surface area contributed by atoms with E-state index in [0.717, 1.165) is 28.1 Å². The van der Waals surface area contributed by atoms with E-state index in [2.05, 4.69) is 10.3 Å². The predicted octanol–water partition coefficient (Wildman–Crippen LogP) is 4.86. The third-order valence-corrected chi connectivity index (χ3v) is 4.70. The zero-order chi connectivity index (χ0) is 18.9. The summed E-state index contributed by atoms with van der Waals surface area (Å²) in [6.07, 6.45) is 3.57. The number of rotatable bonds is 4. The van der Waals surface area contributed by atoms with E-state index in [0.29, 0.717) is 11.1 Å². The van der Waals surface area contributed by atoms with Crippen molar-refractivity contribution in [1.82, 2.24) is 14.4 Å². The van der Waals surface area contributed by atoms with Crippen molar-refractivity contribution in [1.29, 1.82) is 0 Å². The van der Waals surface area contributed by atoms with Gasteiger partial charge in [0.15, 0.2) is 11.6 Å². The molecule has 0 amide bonds. The fourth-order valence-corrected chi connectivity index (χ4v) is 3.29. The maximum Gasteiger partial charge on any atom is 0.193 e. The second-order valence-corrected chi connectivity index (χ2v) is 6.50. The highest BCUT2D eigenvalue weighted by atomic mass is 16.1. The molecular weight excluding hydrogens is 348 g/mol. The molecule has 0 saturated heterocycles. The molecule has 0 fully saturated rings. The number of hydrogen-bond acceptors (Lipinski definition) is 4. The lowest BCUT2D eigenvalue weighted by atomic mass is 10.0. The van der Waals surface area contributed by atoms with Crippen molar-refractivity contribution in [3.8, 4) is 0 Å². The zero-order valence-corrected chi connectivity index (χ0v) is 14.9. The summed E-state index contributed by atoms with van der Waals surface area (Å²) in [5, 5.41) is 3.35. The summed E-state index contributed by atoms with van der Waals surface area (Å²) in [6.45, 7) is 0. The molecule has 0 unspecified atom stereocenters. The van der Waals surface area contributed by atoms with Crippen LogP contribution in [-0.2, 0) is 0 Å². The van der Waals surface area contributed by atoms with Crippen LogP contribution in [0.1, 0.15) is 15.9 Å². The van der Waals surface area contributed by atoms with Crippen LogP contribution < -0.4 is 5.32 Å². The van der Waals surface area contributed by atoms with Gasteiger partial charge in [0, 0.05) is 16.8 Å². The van der Waals surface area contributed by atoms with Crippen LogP contribution in [0.3, 0.4) is 0 Å². The van der Waals surface area contributed by atoms with Gasteiger partial charge in [-0.3, -0.25) is 9.20 Å². The molecule has 0 bridgehead atoms. The SMILES string of the molecule is O=C(c1ccccc1)c1ccc(Nc2nc3ccccc3n3cncc23)cc1. The molecule has 0 radical (unpaired) electrons. The summed E-state index contributed by atoms with van der Waals surface area (Å²) in [6, 6.07) is 24.7. The molecule has 0 aliphatic rings. The van der Waals surface area contributed by atoms with Crippen LogP contribution in [0.5, 0.6) is 0 Å². The van der Waals surface area contributed by atoms with Crippen LogP contribution in [0.2, 0.25) is 0 Å². The fourth-order valence-electron chi connectivity index (χ4n) is 3.29. The Morgan fingerprint density at radius 1 is 0.786 bits per heavy atom. The molecule has 5 heteroatoms. The summed E-state index contributed by atoms with van der Waals surface area (Å²) in [4.78, 5) is 21.6. The van der Waals surface area contributed by atoms with E-state index < -0.39 is 0 Å². The van der Waals surface area contributed by atoms with Crippen molar-refractivity contribution in [3.63, 3.8) is 0 Å². The lowest BCUT2D eigenvalue weighted by Gasteiger charge is -2.10. The molecule has 0 atom stereocenters. The Morgan fingerprint density at radius 3 is 2.32 bits per heavy atom. The summed E-state index contributed by atoms with van der Waals surface area (Å²) < 4.78 is 2.01. The van der Waals surface area contributed by atoms with Crippen molar-refractivity contribution < 1.29 is 4.79 Å². The molecule has 1 N–H and O–H groups in total. The highest BCUT2D eigenvalue weighted by Gasteiger charge is 2.11. The highest BCUT2D eigenvalue weighted by molar-refractivity contribution is 6.09. The van der Waals surface area contributed by atoms with E-state index in [1.54, 1.807) is 12.5 Å². The standard InChI is InChI=1S/C23H16N4O/c28-22(16-6-2-1-3-7-16)17-10-12-18(13-11-17)25-23-21-14-24-15-27(21)20-9-5-4-8-19(20)26-23/h1-15H,(H,25,26). The molecule has 2 heterocycles. The first-order valence-electron chi connectivity index (χ1n) is 8.97. The topological polar surface area (TPSA) is 59.3 Å². The number of ketones is 1. The molecule has 0 aliphatic carbocycles. The van der Waals surface area contributed by atoms with Crippen molar-refractivity contribution in [2.75, 3.05) is 5.32 Å². The monoisotopic (exact) mass is 364 g/mol. The van der Waals surface area contributed by atoms with Gasteiger partial charge in [0.05, 0.1) is 23.6 Å². The third kappa shape index (κ3) is 2.79. The smallest absolute Gasteiger partial charge is 0.193 e. The lowest BCUT2D eigenvalue weighted by Crippen LogP contribution is -2.02. The molecule has 0 saturated carbocycles. The fraction of sp³-hybridized carbons (Fsp3) is 0. The number of carbonyl (C=O) groups is 1. The van der Waals surface area contributed by atoms with Gasteiger partial charge in [0.2, 0.25) is 0 Å². The summed E-state index contributed by atoms with van der Waals surface area (Å²) >= 11 is 0. The van der Waals surface area contributed by atoms with Crippen LogP contribution in [-0.4, -0.2) is 20.2 Å². The second-order valence-electron chi connectivity index (χ2n) is 6.50. The van der Waals surface area contributed by atoms with Gasteiger partial charge in [-0.2, -0.15) is 0 Å². The number of benzene rings is 3. The molecule has 28 heavy (non-hydrogen) atoms. The number of para-hydroxylation sites is 2. The zero-order valence-electron chi connectivity index (χ0n) is 14.9. The molecule has 5 rings (SSSR count).